The summed E-state index contributed by atoms with van der Waals surface area (Å²) < 4.78 is 31.2. The van der Waals surface area contributed by atoms with Crippen LogP contribution in [-0.2, 0) is 22.9 Å². The van der Waals surface area contributed by atoms with E-state index < -0.39 is 9.84 Å². The highest BCUT2D eigenvalue weighted by Crippen LogP contribution is 2.23. The van der Waals surface area contributed by atoms with Crippen molar-refractivity contribution >= 4 is 9.84 Å². The standard InChI is InChI=1S/C22H25N3O3S/c1-28-22-9-5-19(6-10-22)16-24(21-11-14-29(26,27)17-21)15-18-3-7-20(8-4-18)25-13-2-12-23-25/h2-10,12-13,21H,11,14-17H2,1H3. The molecule has 0 aliphatic carbocycles. The maximum atomic E-state index is 12.1. The summed E-state index contributed by atoms with van der Waals surface area (Å²) in [6, 6.07) is 18.1. The van der Waals surface area contributed by atoms with Crippen LogP contribution in [0.25, 0.3) is 5.69 Å². The van der Waals surface area contributed by atoms with Gasteiger partial charge in [0.05, 0.1) is 24.3 Å². The Morgan fingerprint density at radius 2 is 1.72 bits per heavy atom. The zero-order chi connectivity index (χ0) is 20.3. The van der Waals surface area contributed by atoms with E-state index in [0.29, 0.717) is 19.5 Å². The lowest BCUT2D eigenvalue weighted by molar-refractivity contribution is 0.194. The van der Waals surface area contributed by atoms with Gasteiger partial charge in [-0.25, -0.2) is 13.1 Å². The molecule has 1 unspecified atom stereocenters. The number of hydrogen-bond acceptors (Lipinski definition) is 5. The molecule has 1 fully saturated rings. The maximum Gasteiger partial charge on any atom is 0.151 e. The lowest BCUT2D eigenvalue weighted by Crippen LogP contribution is -2.35. The molecular weight excluding hydrogens is 386 g/mol. The van der Waals surface area contributed by atoms with Gasteiger partial charge in [0.15, 0.2) is 9.84 Å². The van der Waals surface area contributed by atoms with E-state index in [9.17, 15) is 8.42 Å². The van der Waals surface area contributed by atoms with E-state index in [1.54, 1.807) is 13.3 Å². The highest BCUT2D eigenvalue weighted by molar-refractivity contribution is 7.91. The van der Waals surface area contributed by atoms with Gasteiger partial charge in [-0.05, 0) is 47.9 Å². The quantitative estimate of drug-likeness (QED) is 0.598. The lowest BCUT2D eigenvalue weighted by Gasteiger charge is -2.28. The first-order chi connectivity index (χ1) is 14.0. The number of hydrogen-bond donors (Lipinski definition) is 0. The van der Waals surface area contributed by atoms with Crippen molar-refractivity contribution in [3.8, 4) is 11.4 Å². The van der Waals surface area contributed by atoms with Crippen molar-refractivity contribution in [2.75, 3.05) is 18.6 Å². The Kier molecular flexibility index (Phi) is 5.69. The summed E-state index contributed by atoms with van der Waals surface area (Å²) in [7, 11) is -1.29. The van der Waals surface area contributed by atoms with Crippen LogP contribution < -0.4 is 4.74 Å². The van der Waals surface area contributed by atoms with E-state index >= 15 is 0 Å². The Hall–Kier alpha value is -2.64. The topological polar surface area (TPSA) is 64.4 Å². The zero-order valence-corrected chi connectivity index (χ0v) is 17.3. The summed E-state index contributed by atoms with van der Waals surface area (Å²) in [5, 5.41) is 4.26. The minimum Gasteiger partial charge on any atom is -0.497 e. The summed E-state index contributed by atoms with van der Waals surface area (Å²) in [4.78, 5) is 2.27. The van der Waals surface area contributed by atoms with Crippen LogP contribution in [0.2, 0.25) is 0 Å². The number of aromatic nitrogens is 2. The molecule has 1 atom stereocenters. The van der Waals surface area contributed by atoms with Crippen LogP contribution in [0.1, 0.15) is 17.5 Å². The van der Waals surface area contributed by atoms with Gasteiger partial charge in [0.2, 0.25) is 0 Å². The third kappa shape index (κ3) is 4.86. The summed E-state index contributed by atoms with van der Waals surface area (Å²) >= 11 is 0. The summed E-state index contributed by atoms with van der Waals surface area (Å²) in [6.45, 7) is 1.40. The first-order valence-corrected chi connectivity index (χ1v) is 11.5. The van der Waals surface area contributed by atoms with Crippen molar-refractivity contribution in [3.05, 3.63) is 78.1 Å². The highest BCUT2D eigenvalue weighted by Gasteiger charge is 2.32. The molecule has 0 saturated carbocycles. The molecule has 1 aliphatic rings. The predicted octanol–water partition coefficient (Wildman–Crippen LogP) is 3.07. The predicted molar refractivity (Wildman–Crippen MR) is 113 cm³/mol. The van der Waals surface area contributed by atoms with Crippen molar-refractivity contribution in [3.63, 3.8) is 0 Å². The van der Waals surface area contributed by atoms with Gasteiger partial charge in [0, 0.05) is 31.5 Å². The molecule has 0 N–H and O–H groups in total. The van der Waals surface area contributed by atoms with Crippen LogP contribution in [0.3, 0.4) is 0 Å². The Morgan fingerprint density at radius 3 is 2.24 bits per heavy atom. The number of rotatable bonds is 7. The normalized spacial score (nSPS) is 18.2. The van der Waals surface area contributed by atoms with Crippen molar-refractivity contribution in [1.82, 2.24) is 14.7 Å². The van der Waals surface area contributed by atoms with Gasteiger partial charge in [-0.15, -0.1) is 0 Å². The Balaban J connectivity index is 1.53. The molecule has 152 valence electrons. The monoisotopic (exact) mass is 411 g/mol. The fourth-order valence-electron chi connectivity index (χ4n) is 3.75. The molecule has 2 heterocycles. The van der Waals surface area contributed by atoms with Crippen molar-refractivity contribution in [2.24, 2.45) is 0 Å². The van der Waals surface area contributed by atoms with E-state index in [1.165, 1.54) is 0 Å². The van der Waals surface area contributed by atoms with Gasteiger partial charge >= 0.3 is 0 Å². The first kappa shape index (κ1) is 19.7. The fourth-order valence-corrected chi connectivity index (χ4v) is 5.51. The first-order valence-electron chi connectivity index (χ1n) is 9.69. The second-order valence-electron chi connectivity index (χ2n) is 7.43. The van der Waals surface area contributed by atoms with Gasteiger partial charge < -0.3 is 4.74 Å². The number of benzene rings is 2. The molecule has 0 radical (unpaired) electrons. The average Bonchev–Trinajstić information content (AvgIpc) is 3.38. The molecule has 1 aromatic heterocycles. The second kappa shape index (κ2) is 8.39. The average molecular weight is 412 g/mol. The molecule has 4 rings (SSSR count). The van der Waals surface area contributed by atoms with Crippen molar-refractivity contribution < 1.29 is 13.2 Å². The van der Waals surface area contributed by atoms with E-state index in [4.69, 9.17) is 4.74 Å². The van der Waals surface area contributed by atoms with Crippen LogP contribution >= 0.6 is 0 Å². The van der Waals surface area contributed by atoms with E-state index in [0.717, 1.165) is 22.6 Å². The van der Waals surface area contributed by atoms with E-state index in [-0.39, 0.29) is 17.5 Å². The van der Waals surface area contributed by atoms with E-state index in [1.807, 2.05) is 53.3 Å². The number of ether oxygens (including phenoxy) is 1. The molecule has 7 heteroatoms. The summed E-state index contributed by atoms with van der Waals surface area (Å²) in [5.74, 6) is 1.32. The maximum absolute atomic E-state index is 12.1. The van der Waals surface area contributed by atoms with E-state index in [2.05, 4.69) is 22.1 Å². The lowest BCUT2D eigenvalue weighted by atomic mass is 10.1. The third-order valence-corrected chi connectivity index (χ3v) is 7.11. The summed E-state index contributed by atoms with van der Waals surface area (Å²) in [5.41, 5.74) is 3.30. The van der Waals surface area contributed by atoms with Gasteiger partial charge in [-0.1, -0.05) is 24.3 Å². The van der Waals surface area contributed by atoms with Gasteiger partial charge in [-0.2, -0.15) is 5.10 Å². The fraction of sp³-hybridized carbons (Fsp3) is 0.318. The van der Waals surface area contributed by atoms with Crippen molar-refractivity contribution in [2.45, 2.75) is 25.6 Å². The Morgan fingerprint density at radius 1 is 1.07 bits per heavy atom. The molecule has 3 aromatic rings. The molecule has 29 heavy (non-hydrogen) atoms. The number of methoxy groups -OCH3 is 1. The molecule has 1 saturated heterocycles. The van der Waals surface area contributed by atoms with Gasteiger partial charge in [0.25, 0.3) is 0 Å². The summed E-state index contributed by atoms with van der Waals surface area (Å²) in [6.07, 6.45) is 4.35. The molecule has 0 spiro atoms. The van der Waals surface area contributed by atoms with Crippen LogP contribution in [0.4, 0.5) is 0 Å². The molecular formula is C22H25N3O3S. The molecule has 6 nitrogen and oxygen atoms in total. The van der Waals surface area contributed by atoms with Gasteiger partial charge in [-0.3, -0.25) is 4.90 Å². The minimum absolute atomic E-state index is 0.0351. The van der Waals surface area contributed by atoms with Crippen molar-refractivity contribution in [1.29, 1.82) is 0 Å². The van der Waals surface area contributed by atoms with Crippen LogP contribution in [0.15, 0.2) is 67.0 Å². The minimum atomic E-state index is -2.95. The Bertz CT molecular complexity index is 1030. The van der Waals surface area contributed by atoms with Crippen LogP contribution in [-0.4, -0.2) is 47.8 Å². The largest absolute Gasteiger partial charge is 0.497 e. The highest BCUT2D eigenvalue weighted by atomic mass is 32.2. The second-order valence-corrected chi connectivity index (χ2v) is 9.66. The molecule has 1 aliphatic heterocycles. The smallest absolute Gasteiger partial charge is 0.151 e. The third-order valence-electron chi connectivity index (χ3n) is 5.36. The number of sulfone groups is 1. The molecule has 2 aromatic carbocycles. The zero-order valence-electron chi connectivity index (χ0n) is 16.4. The molecule has 0 bridgehead atoms. The van der Waals surface area contributed by atoms with Gasteiger partial charge in [0.1, 0.15) is 5.75 Å². The SMILES string of the molecule is COc1ccc(CN(Cc2ccc(-n3cccn3)cc2)C2CCS(=O)(=O)C2)cc1. The number of nitrogens with zero attached hydrogens (tertiary/aromatic N) is 3. The Labute approximate surface area is 171 Å². The molecule has 0 amide bonds. The van der Waals surface area contributed by atoms with Crippen LogP contribution in [0.5, 0.6) is 5.75 Å². The van der Waals surface area contributed by atoms with Crippen LogP contribution in [0, 0.1) is 0 Å².